The Balaban J connectivity index is 1.56. The molecule has 1 fully saturated rings. The fraction of sp³-hybridized carbons (Fsp3) is 0.406. The maximum absolute atomic E-state index is 16.0. The molecule has 1 aliphatic heterocycles. The number of amides is 1. The highest BCUT2D eigenvalue weighted by Crippen LogP contribution is 2.32. The Morgan fingerprint density at radius 2 is 1.74 bits per heavy atom. The number of nitrogens with one attached hydrogen (secondary N) is 3. The molecule has 0 bridgehead atoms. The summed E-state index contributed by atoms with van der Waals surface area (Å²) >= 11 is 0. The van der Waals surface area contributed by atoms with Crippen LogP contribution in [-0.2, 0) is 23.0 Å². The van der Waals surface area contributed by atoms with E-state index in [0.29, 0.717) is 24.1 Å². The van der Waals surface area contributed by atoms with E-state index >= 15 is 4.39 Å². The van der Waals surface area contributed by atoms with Crippen LogP contribution in [0.2, 0.25) is 0 Å². The predicted octanol–water partition coefficient (Wildman–Crippen LogP) is 4.97. The van der Waals surface area contributed by atoms with Gasteiger partial charge in [0.1, 0.15) is 5.75 Å². The lowest BCUT2D eigenvalue weighted by Crippen LogP contribution is -2.49. The molecule has 0 unspecified atom stereocenters. The average molecular weight is 667 g/mol. The number of hydrogen-bond donors (Lipinski definition) is 4. The van der Waals surface area contributed by atoms with E-state index in [1.54, 1.807) is 30.3 Å². The summed E-state index contributed by atoms with van der Waals surface area (Å²) in [6, 6.07) is 16.1. The number of benzene rings is 3. The largest absolute Gasteiger partial charge is 0.573 e. The molecular weight excluding hydrogens is 628 g/mol. The van der Waals surface area contributed by atoms with Gasteiger partial charge < -0.3 is 25.8 Å². The van der Waals surface area contributed by atoms with E-state index in [2.05, 4.69) is 20.7 Å². The molecule has 1 heterocycles. The monoisotopic (exact) mass is 666 g/mol. The van der Waals surface area contributed by atoms with Crippen LogP contribution in [0.25, 0.3) is 0 Å². The van der Waals surface area contributed by atoms with Crippen molar-refractivity contribution >= 4 is 27.3 Å². The molecule has 0 spiro atoms. The first-order valence-corrected chi connectivity index (χ1v) is 16.5. The lowest BCUT2D eigenvalue weighted by molar-refractivity contribution is -0.274. The number of ether oxygens (including phenoxy) is 1. The number of halogens is 4. The summed E-state index contributed by atoms with van der Waals surface area (Å²) in [5.74, 6) is -2.36. The van der Waals surface area contributed by atoms with Crippen LogP contribution in [0.1, 0.15) is 48.2 Å². The number of aliphatic hydroxyl groups excluding tert-OH is 1. The highest BCUT2D eigenvalue weighted by Gasteiger charge is 2.32. The van der Waals surface area contributed by atoms with Gasteiger partial charge in [-0.25, -0.2) is 12.8 Å². The topological polar surface area (TPSA) is 120 Å². The van der Waals surface area contributed by atoms with Crippen molar-refractivity contribution in [1.82, 2.24) is 10.6 Å². The van der Waals surface area contributed by atoms with Gasteiger partial charge >= 0.3 is 6.36 Å². The second-order valence-corrected chi connectivity index (χ2v) is 13.4. The molecule has 9 nitrogen and oxygen atoms in total. The SMILES string of the molecule is CC(C)Nc1cc(C(=O)N[C@@H](Cc2ccccc2)[C@H](O)CNCc2cccc(OC(F)(F)F)c2)c(F)c(N2CCCCS2(=O)=O)c1. The molecule has 0 aliphatic carbocycles. The predicted molar refractivity (Wildman–Crippen MR) is 168 cm³/mol. The van der Waals surface area contributed by atoms with E-state index in [-0.39, 0.29) is 54.9 Å². The average Bonchev–Trinajstić information content (AvgIpc) is 2.97. The van der Waals surface area contributed by atoms with Crippen molar-refractivity contribution in [3.8, 4) is 5.75 Å². The van der Waals surface area contributed by atoms with Gasteiger partial charge in [-0.3, -0.25) is 9.10 Å². The van der Waals surface area contributed by atoms with Crippen LogP contribution in [0.5, 0.6) is 5.75 Å². The van der Waals surface area contributed by atoms with Crippen LogP contribution in [-0.4, -0.2) is 62.8 Å². The van der Waals surface area contributed by atoms with Crippen LogP contribution in [0.4, 0.5) is 28.9 Å². The van der Waals surface area contributed by atoms with E-state index in [0.717, 1.165) is 9.87 Å². The minimum Gasteiger partial charge on any atom is -0.406 e. The third-order valence-corrected chi connectivity index (χ3v) is 9.12. The summed E-state index contributed by atoms with van der Waals surface area (Å²) in [5, 5.41) is 20.0. The number of rotatable bonds is 13. The van der Waals surface area contributed by atoms with Crippen molar-refractivity contribution in [2.45, 2.75) is 64.2 Å². The smallest absolute Gasteiger partial charge is 0.406 e. The Bertz CT molecular complexity index is 1590. The van der Waals surface area contributed by atoms with Crippen LogP contribution in [0.15, 0.2) is 66.7 Å². The fourth-order valence-electron chi connectivity index (χ4n) is 5.19. The second kappa shape index (κ2) is 15.1. The van der Waals surface area contributed by atoms with E-state index in [4.69, 9.17) is 0 Å². The summed E-state index contributed by atoms with van der Waals surface area (Å²) in [6.07, 6.45) is -4.88. The van der Waals surface area contributed by atoms with Crippen molar-refractivity contribution < 1.29 is 40.6 Å². The van der Waals surface area contributed by atoms with Gasteiger partial charge in [-0.1, -0.05) is 42.5 Å². The molecule has 4 rings (SSSR count). The number of anilines is 2. The number of hydrogen-bond acceptors (Lipinski definition) is 7. The maximum Gasteiger partial charge on any atom is 0.573 e. The number of nitrogens with zero attached hydrogens (tertiary/aromatic N) is 1. The van der Waals surface area contributed by atoms with Gasteiger partial charge in [0.15, 0.2) is 5.82 Å². The minimum absolute atomic E-state index is 0.0726. The highest BCUT2D eigenvalue weighted by atomic mass is 32.2. The van der Waals surface area contributed by atoms with Crippen LogP contribution < -0.4 is 25.0 Å². The van der Waals surface area contributed by atoms with E-state index < -0.39 is 40.3 Å². The van der Waals surface area contributed by atoms with Gasteiger partial charge in [0.05, 0.1) is 29.1 Å². The number of alkyl halides is 3. The van der Waals surface area contributed by atoms with Gasteiger partial charge in [0.2, 0.25) is 10.0 Å². The zero-order chi connectivity index (χ0) is 33.5. The fourth-order valence-corrected chi connectivity index (χ4v) is 6.82. The lowest BCUT2D eigenvalue weighted by Gasteiger charge is -2.30. The number of carbonyl (C=O) groups excluding carboxylic acids is 1. The first kappa shape index (κ1) is 35.0. The maximum atomic E-state index is 16.0. The summed E-state index contributed by atoms with van der Waals surface area (Å²) < 4.78 is 84.5. The molecule has 14 heteroatoms. The minimum atomic E-state index is -4.84. The van der Waals surface area contributed by atoms with E-state index in [1.165, 1.54) is 30.3 Å². The van der Waals surface area contributed by atoms with Gasteiger partial charge in [0.25, 0.3) is 5.91 Å². The molecule has 250 valence electrons. The van der Waals surface area contributed by atoms with E-state index in [1.807, 2.05) is 19.9 Å². The molecule has 3 aromatic carbocycles. The molecule has 3 aromatic rings. The first-order chi connectivity index (χ1) is 21.7. The Hall–Kier alpha value is -3.88. The summed E-state index contributed by atoms with van der Waals surface area (Å²) in [5.41, 5.74) is 0.986. The Kier molecular flexibility index (Phi) is 11.5. The van der Waals surface area contributed by atoms with Gasteiger partial charge in [-0.05, 0) is 68.5 Å². The second-order valence-electron chi connectivity index (χ2n) is 11.4. The lowest BCUT2D eigenvalue weighted by atomic mass is 10.00. The standard InChI is InChI=1S/C32H38F4N4O5S/c1-21(2)38-24-17-26(30(33)28(18-24)40-13-6-7-14-46(40,43)44)31(42)39-27(16-22-9-4-3-5-10-22)29(41)20-37-19-23-11-8-12-25(15-23)45-32(34,35)36/h3-5,8-12,15,17-18,21,27,29,37-38,41H,6-7,13-14,16,19-20H2,1-2H3,(H,39,42)/t27-,29+/m0/s1. The normalized spacial score (nSPS) is 16.1. The highest BCUT2D eigenvalue weighted by molar-refractivity contribution is 7.92. The number of aliphatic hydroxyl groups is 1. The zero-order valence-electron chi connectivity index (χ0n) is 25.5. The molecular formula is C32H38F4N4O5S. The van der Waals surface area contributed by atoms with Crippen molar-refractivity contribution in [3.05, 3.63) is 89.2 Å². The molecule has 0 aromatic heterocycles. The van der Waals surface area contributed by atoms with Crippen molar-refractivity contribution in [3.63, 3.8) is 0 Å². The van der Waals surface area contributed by atoms with Gasteiger partial charge in [-0.2, -0.15) is 0 Å². The molecule has 0 saturated carbocycles. The number of carbonyl (C=O) groups is 1. The molecule has 46 heavy (non-hydrogen) atoms. The summed E-state index contributed by atoms with van der Waals surface area (Å²) in [7, 11) is -3.79. The number of sulfonamides is 1. The van der Waals surface area contributed by atoms with Crippen molar-refractivity contribution in [2.24, 2.45) is 0 Å². The van der Waals surface area contributed by atoms with Gasteiger partial charge in [-0.15, -0.1) is 13.2 Å². The molecule has 1 amide bonds. The third-order valence-electron chi connectivity index (χ3n) is 7.27. The third kappa shape index (κ3) is 9.81. The van der Waals surface area contributed by atoms with E-state index in [9.17, 15) is 31.5 Å². The zero-order valence-corrected chi connectivity index (χ0v) is 26.3. The quantitative estimate of drug-likeness (QED) is 0.190. The Morgan fingerprint density at radius 3 is 2.41 bits per heavy atom. The molecule has 2 atom stereocenters. The van der Waals surface area contributed by atoms with Gasteiger partial charge in [0, 0.05) is 31.4 Å². The summed E-state index contributed by atoms with van der Waals surface area (Å²) in [6.45, 7) is 3.79. The van der Waals surface area contributed by atoms with Crippen LogP contribution in [0, 0.1) is 5.82 Å². The van der Waals surface area contributed by atoms with Crippen LogP contribution >= 0.6 is 0 Å². The molecule has 1 saturated heterocycles. The molecule has 4 N–H and O–H groups in total. The van der Waals surface area contributed by atoms with Crippen molar-refractivity contribution in [1.29, 1.82) is 0 Å². The Labute approximate surface area is 266 Å². The Morgan fingerprint density at radius 1 is 1.02 bits per heavy atom. The van der Waals surface area contributed by atoms with Crippen molar-refractivity contribution in [2.75, 3.05) is 28.5 Å². The summed E-state index contributed by atoms with van der Waals surface area (Å²) in [4.78, 5) is 13.7. The molecule has 0 radical (unpaired) electrons. The first-order valence-electron chi connectivity index (χ1n) is 14.9. The van der Waals surface area contributed by atoms with Crippen LogP contribution in [0.3, 0.4) is 0 Å². The molecule has 1 aliphatic rings.